The summed E-state index contributed by atoms with van der Waals surface area (Å²) in [6, 6.07) is 17.5. The van der Waals surface area contributed by atoms with Gasteiger partial charge in [-0.3, -0.25) is 0 Å². The van der Waals surface area contributed by atoms with Gasteiger partial charge in [-0.1, -0.05) is 18.2 Å². The van der Waals surface area contributed by atoms with E-state index in [4.69, 9.17) is 9.47 Å². The second-order valence-corrected chi connectivity index (χ2v) is 5.81. The van der Waals surface area contributed by atoms with Gasteiger partial charge in [-0.15, -0.1) is 5.10 Å². The summed E-state index contributed by atoms with van der Waals surface area (Å²) in [6.07, 6.45) is 0. The molecule has 0 aliphatic carbocycles. The topological polar surface area (TPSA) is 75.0 Å². The van der Waals surface area contributed by atoms with Gasteiger partial charge in [0.15, 0.2) is 11.6 Å². The summed E-state index contributed by atoms with van der Waals surface area (Å²) in [4.78, 5) is 4.44. The third-order valence-electron chi connectivity index (χ3n) is 4.01. The molecule has 26 heavy (non-hydrogen) atoms. The third-order valence-corrected chi connectivity index (χ3v) is 4.01. The molecule has 0 radical (unpaired) electrons. The Bertz CT molecular complexity index is 1060. The van der Waals surface area contributed by atoms with Crippen LogP contribution in [0.3, 0.4) is 0 Å². The molecule has 0 aliphatic rings. The van der Waals surface area contributed by atoms with E-state index in [-0.39, 0.29) is 6.61 Å². The number of benzene rings is 2. The molecule has 0 aliphatic heterocycles. The number of rotatable bonds is 5. The third kappa shape index (κ3) is 3.19. The predicted molar refractivity (Wildman–Crippen MR) is 96.5 cm³/mol. The van der Waals surface area contributed by atoms with Crippen molar-refractivity contribution in [3.8, 4) is 17.3 Å². The fourth-order valence-electron chi connectivity index (χ4n) is 2.69. The second kappa shape index (κ2) is 6.79. The van der Waals surface area contributed by atoms with Gasteiger partial charge in [-0.05, 0) is 64.5 Å². The van der Waals surface area contributed by atoms with Crippen molar-refractivity contribution in [1.82, 2.24) is 25.2 Å². The number of pyridine rings is 1. The summed E-state index contributed by atoms with van der Waals surface area (Å²) in [7, 11) is 1.65. The molecule has 0 saturated heterocycles. The maximum absolute atomic E-state index is 5.89. The predicted octanol–water partition coefficient (Wildman–Crippen LogP) is 3.11. The summed E-state index contributed by atoms with van der Waals surface area (Å²) >= 11 is 0. The number of hydrogen-bond donors (Lipinski definition) is 0. The normalized spacial score (nSPS) is 10.8. The van der Waals surface area contributed by atoms with Gasteiger partial charge < -0.3 is 9.47 Å². The molecule has 4 aromatic rings. The Kier molecular flexibility index (Phi) is 4.18. The largest absolute Gasteiger partial charge is 0.497 e. The first-order chi connectivity index (χ1) is 12.7. The first-order valence-electron chi connectivity index (χ1n) is 8.15. The van der Waals surface area contributed by atoms with Gasteiger partial charge in [0.25, 0.3) is 0 Å². The van der Waals surface area contributed by atoms with Crippen LogP contribution in [0.1, 0.15) is 11.5 Å². The minimum atomic E-state index is 0.234. The van der Waals surface area contributed by atoms with Crippen LogP contribution in [0.25, 0.3) is 16.6 Å². The van der Waals surface area contributed by atoms with Crippen molar-refractivity contribution in [3.05, 3.63) is 66.1 Å². The Morgan fingerprint density at radius 3 is 2.58 bits per heavy atom. The number of ether oxygens (including phenoxy) is 2. The molecule has 130 valence electrons. The fraction of sp³-hybridized carbons (Fsp3) is 0.158. The van der Waals surface area contributed by atoms with Gasteiger partial charge >= 0.3 is 0 Å². The zero-order chi connectivity index (χ0) is 17.9. The number of nitrogens with zero attached hydrogens (tertiary/aromatic N) is 5. The fourth-order valence-corrected chi connectivity index (χ4v) is 2.69. The molecule has 4 rings (SSSR count). The monoisotopic (exact) mass is 347 g/mol. The molecular formula is C19H17N5O2. The molecule has 0 fully saturated rings. The van der Waals surface area contributed by atoms with Crippen LogP contribution in [0.4, 0.5) is 0 Å². The van der Waals surface area contributed by atoms with Crippen molar-refractivity contribution in [2.45, 2.75) is 13.5 Å². The van der Waals surface area contributed by atoms with Gasteiger partial charge in [0.1, 0.15) is 18.1 Å². The van der Waals surface area contributed by atoms with E-state index in [1.807, 2.05) is 61.5 Å². The van der Waals surface area contributed by atoms with Gasteiger partial charge in [0.2, 0.25) is 0 Å². The average molecular weight is 347 g/mol. The van der Waals surface area contributed by atoms with Crippen LogP contribution in [0.5, 0.6) is 11.5 Å². The van der Waals surface area contributed by atoms with Crippen molar-refractivity contribution in [2.75, 3.05) is 7.11 Å². The highest BCUT2D eigenvalue weighted by molar-refractivity contribution is 5.85. The highest BCUT2D eigenvalue weighted by atomic mass is 16.5. The molecule has 7 nitrogen and oxygen atoms in total. The standard InChI is InChI=1S/C19H17N5O2/c1-13-4-3-5-18(20-13)24-19(21-22-23-24)12-26-17-9-7-14-6-8-16(25-2)10-15(14)11-17/h3-11H,12H2,1-2H3. The van der Waals surface area contributed by atoms with Crippen LogP contribution >= 0.6 is 0 Å². The number of aromatic nitrogens is 5. The summed E-state index contributed by atoms with van der Waals surface area (Å²) in [5, 5.41) is 14.0. The number of hydrogen-bond acceptors (Lipinski definition) is 6. The molecule has 0 atom stereocenters. The highest BCUT2D eigenvalue weighted by Crippen LogP contribution is 2.25. The number of fused-ring (bicyclic) bond motifs is 1. The van der Waals surface area contributed by atoms with Crippen molar-refractivity contribution >= 4 is 10.8 Å². The molecule has 0 saturated carbocycles. The lowest BCUT2D eigenvalue weighted by atomic mass is 10.1. The Hall–Kier alpha value is -3.48. The van der Waals surface area contributed by atoms with Crippen LogP contribution in [0, 0.1) is 6.92 Å². The van der Waals surface area contributed by atoms with E-state index in [0.717, 1.165) is 28.0 Å². The summed E-state index contributed by atoms with van der Waals surface area (Å²) < 4.78 is 12.8. The van der Waals surface area contributed by atoms with E-state index in [1.165, 1.54) is 0 Å². The Morgan fingerprint density at radius 1 is 0.962 bits per heavy atom. The smallest absolute Gasteiger partial charge is 0.195 e. The van der Waals surface area contributed by atoms with Crippen LogP contribution in [-0.4, -0.2) is 32.3 Å². The molecule has 0 spiro atoms. The molecule has 7 heteroatoms. The Morgan fingerprint density at radius 2 is 1.77 bits per heavy atom. The van der Waals surface area contributed by atoms with Gasteiger partial charge in [-0.2, -0.15) is 4.68 Å². The Labute approximate surface area is 150 Å². The minimum absolute atomic E-state index is 0.234. The first-order valence-corrected chi connectivity index (χ1v) is 8.15. The maximum Gasteiger partial charge on any atom is 0.195 e. The lowest BCUT2D eigenvalue weighted by molar-refractivity contribution is 0.292. The summed E-state index contributed by atoms with van der Waals surface area (Å²) in [5.41, 5.74) is 0.897. The van der Waals surface area contributed by atoms with Gasteiger partial charge in [-0.25, -0.2) is 4.98 Å². The molecule has 0 N–H and O–H groups in total. The molecule has 2 aromatic carbocycles. The lowest BCUT2D eigenvalue weighted by Crippen LogP contribution is -2.08. The number of methoxy groups -OCH3 is 1. The lowest BCUT2D eigenvalue weighted by Gasteiger charge is -2.08. The van der Waals surface area contributed by atoms with Crippen molar-refractivity contribution in [3.63, 3.8) is 0 Å². The van der Waals surface area contributed by atoms with Crippen molar-refractivity contribution in [1.29, 1.82) is 0 Å². The summed E-state index contributed by atoms with van der Waals surface area (Å²) in [6.45, 7) is 2.16. The first kappa shape index (κ1) is 16.0. The summed E-state index contributed by atoms with van der Waals surface area (Å²) in [5.74, 6) is 2.78. The molecule has 0 bridgehead atoms. The van der Waals surface area contributed by atoms with E-state index < -0.39 is 0 Å². The van der Waals surface area contributed by atoms with Crippen LogP contribution in [0.2, 0.25) is 0 Å². The Balaban J connectivity index is 1.56. The minimum Gasteiger partial charge on any atom is -0.497 e. The maximum atomic E-state index is 5.89. The van der Waals surface area contributed by atoms with Crippen LogP contribution in [-0.2, 0) is 6.61 Å². The highest BCUT2D eigenvalue weighted by Gasteiger charge is 2.10. The van der Waals surface area contributed by atoms with E-state index in [0.29, 0.717) is 11.6 Å². The van der Waals surface area contributed by atoms with Crippen LogP contribution < -0.4 is 9.47 Å². The molecule has 0 amide bonds. The van der Waals surface area contributed by atoms with E-state index in [1.54, 1.807) is 11.8 Å². The number of tetrazole rings is 1. The van der Waals surface area contributed by atoms with Crippen molar-refractivity contribution in [2.24, 2.45) is 0 Å². The molecular weight excluding hydrogens is 330 g/mol. The molecule has 0 unspecified atom stereocenters. The van der Waals surface area contributed by atoms with E-state index in [2.05, 4.69) is 20.5 Å². The molecule has 2 heterocycles. The quantitative estimate of drug-likeness (QED) is 0.552. The zero-order valence-corrected chi connectivity index (χ0v) is 14.5. The van der Waals surface area contributed by atoms with Crippen molar-refractivity contribution < 1.29 is 9.47 Å². The SMILES string of the molecule is COc1ccc2ccc(OCc3nnnn3-c3cccc(C)n3)cc2c1. The zero-order valence-electron chi connectivity index (χ0n) is 14.5. The number of aryl methyl sites for hydroxylation is 1. The van der Waals surface area contributed by atoms with E-state index in [9.17, 15) is 0 Å². The van der Waals surface area contributed by atoms with Crippen LogP contribution in [0.15, 0.2) is 54.6 Å². The van der Waals surface area contributed by atoms with E-state index >= 15 is 0 Å². The second-order valence-electron chi connectivity index (χ2n) is 5.81. The van der Waals surface area contributed by atoms with Gasteiger partial charge in [0.05, 0.1) is 7.11 Å². The van der Waals surface area contributed by atoms with Gasteiger partial charge in [0, 0.05) is 5.69 Å². The average Bonchev–Trinajstić information content (AvgIpc) is 3.14. The molecule has 2 aromatic heterocycles.